The molecule has 4 nitrogen and oxygen atoms in total. The topological polar surface area (TPSA) is 72.2 Å². The lowest BCUT2D eigenvalue weighted by Gasteiger charge is -2.06. The van der Waals surface area contributed by atoms with Crippen LogP contribution in [0, 0.1) is 0 Å². The molecule has 7 heteroatoms. The minimum absolute atomic E-state index is 0.192. The first-order chi connectivity index (χ1) is 11.8. The van der Waals surface area contributed by atoms with Gasteiger partial charge in [0, 0.05) is 18.2 Å². The highest BCUT2D eigenvalue weighted by Crippen LogP contribution is 2.29. The van der Waals surface area contributed by atoms with E-state index in [1.54, 1.807) is 24.3 Å². The zero-order valence-corrected chi connectivity index (χ0v) is 13.0. The fraction of sp³-hybridized carbons (Fsp3) is 0.111. The number of primary amides is 1. The normalized spacial score (nSPS) is 11.5. The Hall–Kier alpha value is -3.09. The Bertz CT molecular complexity index is 797. The maximum absolute atomic E-state index is 12.5. The Kier molecular flexibility index (Phi) is 5.59. The molecule has 0 saturated heterocycles. The van der Waals surface area contributed by atoms with Gasteiger partial charge in [-0.1, -0.05) is 24.3 Å². The van der Waals surface area contributed by atoms with E-state index < -0.39 is 23.6 Å². The van der Waals surface area contributed by atoms with Crippen molar-refractivity contribution in [3.05, 3.63) is 76.9 Å². The van der Waals surface area contributed by atoms with Gasteiger partial charge in [-0.05, 0) is 41.5 Å². The molecule has 0 radical (unpaired) electrons. The summed E-state index contributed by atoms with van der Waals surface area (Å²) >= 11 is 0. The van der Waals surface area contributed by atoms with Crippen LogP contribution in [0.3, 0.4) is 0 Å². The van der Waals surface area contributed by atoms with Crippen LogP contribution in [0.4, 0.5) is 13.2 Å². The van der Waals surface area contributed by atoms with E-state index in [0.717, 1.165) is 12.1 Å². The monoisotopic (exact) mass is 348 g/mol. The predicted octanol–water partition coefficient (Wildman–Crippen LogP) is 3.13. The summed E-state index contributed by atoms with van der Waals surface area (Å²) in [5, 5.41) is 2.61. The van der Waals surface area contributed by atoms with Crippen LogP contribution < -0.4 is 11.1 Å². The second kappa shape index (κ2) is 7.65. The molecule has 0 spiro atoms. The smallest absolute Gasteiger partial charge is 0.366 e. The third-order valence-electron chi connectivity index (χ3n) is 3.34. The molecule has 0 atom stereocenters. The van der Waals surface area contributed by atoms with E-state index >= 15 is 0 Å². The van der Waals surface area contributed by atoms with Crippen molar-refractivity contribution >= 4 is 17.9 Å². The van der Waals surface area contributed by atoms with Crippen molar-refractivity contribution in [3.8, 4) is 0 Å². The summed E-state index contributed by atoms with van der Waals surface area (Å²) in [5.74, 6) is -0.972. The van der Waals surface area contributed by atoms with Crippen LogP contribution in [-0.4, -0.2) is 11.8 Å². The summed E-state index contributed by atoms with van der Waals surface area (Å²) in [4.78, 5) is 22.9. The summed E-state index contributed by atoms with van der Waals surface area (Å²) in [6.45, 7) is 0.192. The number of alkyl halides is 3. The number of carbonyl (C=O) groups is 2. The number of benzene rings is 2. The molecular weight excluding hydrogens is 333 g/mol. The summed E-state index contributed by atoms with van der Waals surface area (Å²) in [6, 6.07) is 11.0. The van der Waals surface area contributed by atoms with Gasteiger partial charge in [-0.15, -0.1) is 0 Å². The van der Waals surface area contributed by atoms with Gasteiger partial charge >= 0.3 is 6.18 Å². The molecular formula is C18H15F3N2O2. The zero-order chi connectivity index (χ0) is 18.4. The average Bonchev–Trinajstić information content (AvgIpc) is 2.58. The van der Waals surface area contributed by atoms with E-state index in [-0.39, 0.29) is 6.54 Å². The molecule has 0 aliphatic heterocycles. The van der Waals surface area contributed by atoms with Crippen LogP contribution in [0.5, 0.6) is 0 Å². The second-order valence-corrected chi connectivity index (χ2v) is 5.24. The third kappa shape index (κ3) is 5.49. The van der Waals surface area contributed by atoms with Crippen LogP contribution in [0.15, 0.2) is 54.6 Å². The number of hydrogen-bond donors (Lipinski definition) is 2. The molecule has 0 fully saturated rings. The average molecular weight is 348 g/mol. The van der Waals surface area contributed by atoms with E-state index in [0.29, 0.717) is 16.7 Å². The van der Waals surface area contributed by atoms with Crippen molar-refractivity contribution < 1.29 is 22.8 Å². The van der Waals surface area contributed by atoms with E-state index in [2.05, 4.69) is 5.32 Å². The number of hydrogen-bond acceptors (Lipinski definition) is 2. The zero-order valence-electron chi connectivity index (χ0n) is 13.0. The highest BCUT2D eigenvalue weighted by molar-refractivity contribution is 5.93. The molecule has 3 N–H and O–H groups in total. The van der Waals surface area contributed by atoms with Gasteiger partial charge < -0.3 is 11.1 Å². The van der Waals surface area contributed by atoms with Gasteiger partial charge in [-0.25, -0.2) is 0 Å². The lowest BCUT2D eigenvalue weighted by Crippen LogP contribution is -2.20. The lowest BCUT2D eigenvalue weighted by atomic mass is 10.1. The Morgan fingerprint density at radius 1 is 1.08 bits per heavy atom. The standard InChI is InChI=1S/C18H15F3N2O2/c19-18(20,21)15-7-4-12(5-8-15)6-9-16(24)23-11-13-2-1-3-14(10-13)17(22)25/h1-10H,11H2,(H2,22,25)(H,23,24)/b9-6+. The van der Waals surface area contributed by atoms with Crippen molar-refractivity contribution in [2.45, 2.75) is 12.7 Å². The van der Waals surface area contributed by atoms with Gasteiger partial charge in [0.05, 0.1) is 5.56 Å². The van der Waals surface area contributed by atoms with Gasteiger partial charge in [0.2, 0.25) is 11.8 Å². The summed E-state index contributed by atoms with van der Waals surface area (Å²) in [6.07, 6.45) is -1.76. The molecule has 0 heterocycles. The molecule has 25 heavy (non-hydrogen) atoms. The molecule has 2 aromatic rings. The molecule has 130 valence electrons. The molecule has 2 rings (SSSR count). The highest BCUT2D eigenvalue weighted by Gasteiger charge is 2.29. The minimum atomic E-state index is -4.39. The molecule has 0 aliphatic rings. The number of rotatable bonds is 5. The van der Waals surface area contributed by atoms with Crippen molar-refractivity contribution in [2.24, 2.45) is 5.73 Å². The molecule has 0 aromatic heterocycles. The fourth-order valence-electron chi connectivity index (χ4n) is 2.04. The molecule has 0 bridgehead atoms. The fourth-order valence-corrected chi connectivity index (χ4v) is 2.04. The third-order valence-corrected chi connectivity index (χ3v) is 3.34. The van der Waals surface area contributed by atoms with Crippen LogP contribution in [-0.2, 0) is 17.5 Å². The van der Waals surface area contributed by atoms with Crippen molar-refractivity contribution in [3.63, 3.8) is 0 Å². The first kappa shape index (κ1) is 18.3. The van der Waals surface area contributed by atoms with E-state index in [1.807, 2.05) is 0 Å². The second-order valence-electron chi connectivity index (χ2n) is 5.24. The van der Waals surface area contributed by atoms with Crippen LogP contribution in [0.1, 0.15) is 27.0 Å². The molecule has 2 aromatic carbocycles. The van der Waals surface area contributed by atoms with Crippen molar-refractivity contribution in [2.75, 3.05) is 0 Å². The molecule has 0 aliphatic carbocycles. The summed E-state index contributed by atoms with van der Waals surface area (Å²) < 4.78 is 37.4. The maximum atomic E-state index is 12.5. The van der Waals surface area contributed by atoms with E-state index in [1.165, 1.54) is 24.3 Å². The van der Waals surface area contributed by atoms with Gasteiger partial charge in [-0.2, -0.15) is 13.2 Å². The van der Waals surface area contributed by atoms with E-state index in [9.17, 15) is 22.8 Å². The van der Waals surface area contributed by atoms with Crippen LogP contribution >= 0.6 is 0 Å². The van der Waals surface area contributed by atoms with Crippen molar-refractivity contribution in [1.82, 2.24) is 5.32 Å². The quantitative estimate of drug-likeness (QED) is 0.815. The molecule has 0 unspecified atom stereocenters. The molecule has 2 amide bonds. The Morgan fingerprint density at radius 2 is 1.76 bits per heavy atom. The number of halogens is 3. The number of nitrogens with one attached hydrogen (secondary N) is 1. The first-order valence-electron chi connectivity index (χ1n) is 7.27. The Morgan fingerprint density at radius 3 is 2.36 bits per heavy atom. The van der Waals surface area contributed by atoms with Crippen LogP contribution in [0.2, 0.25) is 0 Å². The largest absolute Gasteiger partial charge is 0.416 e. The maximum Gasteiger partial charge on any atom is 0.416 e. The Balaban J connectivity index is 1.92. The summed E-state index contributed by atoms with van der Waals surface area (Å²) in [5.41, 5.74) is 5.95. The molecule has 0 saturated carbocycles. The van der Waals surface area contributed by atoms with Gasteiger partial charge in [0.1, 0.15) is 0 Å². The summed E-state index contributed by atoms with van der Waals surface area (Å²) in [7, 11) is 0. The predicted molar refractivity (Wildman–Crippen MR) is 87.3 cm³/mol. The van der Waals surface area contributed by atoms with Gasteiger partial charge in [-0.3, -0.25) is 9.59 Å². The SMILES string of the molecule is NC(=O)c1cccc(CNC(=O)/C=C/c2ccc(C(F)(F)F)cc2)c1. The minimum Gasteiger partial charge on any atom is -0.366 e. The lowest BCUT2D eigenvalue weighted by molar-refractivity contribution is -0.137. The van der Waals surface area contributed by atoms with Gasteiger partial charge in [0.25, 0.3) is 0 Å². The van der Waals surface area contributed by atoms with Crippen LogP contribution in [0.25, 0.3) is 6.08 Å². The van der Waals surface area contributed by atoms with Gasteiger partial charge in [0.15, 0.2) is 0 Å². The highest BCUT2D eigenvalue weighted by atomic mass is 19.4. The number of amides is 2. The van der Waals surface area contributed by atoms with E-state index in [4.69, 9.17) is 5.73 Å². The Labute approximate surface area is 142 Å². The van der Waals surface area contributed by atoms with Crippen molar-refractivity contribution in [1.29, 1.82) is 0 Å². The number of nitrogens with two attached hydrogens (primary N) is 1. The first-order valence-corrected chi connectivity index (χ1v) is 7.27. The number of carbonyl (C=O) groups excluding carboxylic acids is 2.